The van der Waals surface area contributed by atoms with E-state index in [1.54, 1.807) is 0 Å². The van der Waals surface area contributed by atoms with Crippen LogP contribution in [0.1, 0.15) is 22.8 Å². The van der Waals surface area contributed by atoms with Gasteiger partial charge in [-0.3, -0.25) is 0 Å². The first-order chi connectivity index (χ1) is 9.71. The van der Waals surface area contributed by atoms with Crippen LogP contribution in [-0.4, -0.2) is 43.8 Å². The van der Waals surface area contributed by atoms with Gasteiger partial charge in [-0.25, -0.2) is 0 Å². The van der Waals surface area contributed by atoms with Gasteiger partial charge in [0.1, 0.15) is 0 Å². The molecular formula is C16H28N4Zr. The zero-order valence-electron chi connectivity index (χ0n) is 14.5. The molecule has 0 amide bonds. The van der Waals surface area contributed by atoms with Crippen LogP contribution in [0.3, 0.4) is 0 Å². The van der Waals surface area contributed by atoms with Gasteiger partial charge >= 0.3 is 134 Å². The van der Waals surface area contributed by atoms with E-state index in [9.17, 15) is 0 Å². The quantitative estimate of drug-likeness (QED) is 0.862. The summed E-state index contributed by atoms with van der Waals surface area (Å²) in [5, 5.41) is 0. The molecule has 0 unspecified atom stereocenters. The molecule has 5 heteroatoms. The summed E-state index contributed by atoms with van der Waals surface area (Å²) in [6, 6.07) is 4.71. The summed E-state index contributed by atoms with van der Waals surface area (Å²) in [4.78, 5) is 7.02. The Morgan fingerprint density at radius 1 is 0.714 bits per heavy atom. The van der Waals surface area contributed by atoms with Crippen molar-refractivity contribution >= 4 is 6.54 Å². The average Bonchev–Trinajstić information content (AvgIpc) is 2.83. The summed E-state index contributed by atoms with van der Waals surface area (Å²) in [6.07, 6.45) is 0. The summed E-state index contributed by atoms with van der Waals surface area (Å²) in [7, 11) is 8.94. The Morgan fingerprint density at radius 2 is 1.05 bits per heavy atom. The molecule has 116 valence electrons. The zero-order chi connectivity index (χ0) is 15.9. The fourth-order valence-electron chi connectivity index (χ4n) is 3.68. The molecule has 0 saturated carbocycles. The van der Waals surface area contributed by atoms with Crippen LogP contribution in [0.4, 0.5) is 0 Å². The predicted molar refractivity (Wildman–Crippen MR) is 87.2 cm³/mol. The van der Waals surface area contributed by atoms with Gasteiger partial charge in [0.2, 0.25) is 0 Å². The number of rotatable bonds is 4. The van der Waals surface area contributed by atoms with Crippen LogP contribution in [0, 0.1) is 27.7 Å². The Morgan fingerprint density at radius 3 is 1.24 bits per heavy atom. The van der Waals surface area contributed by atoms with E-state index in [0.717, 1.165) is 0 Å². The Labute approximate surface area is 133 Å². The first-order valence-electron chi connectivity index (χ1n) is 7.39. The molecule has 2 N–H and O–H groups in total. The number of H-pyrrole nitrogens is 2. The second-order valence-corrected chi connectivity index (χ2v) is 16.8. The number of hydrogen-bond donors (Lipinski definition) is 2. The SMILES string of the molecule is Cc1c[c]([Zr]([c]2cc(C)[nH]c2C)([N](C)C)[N](C)C)c(C)[nH]1. The zero-order valence-corrected chi connectivity index (χ0v) is 17.0. The van der Waals surface area contributed by atoms with Crippen LogP contribution in [-0.2, 0) is 20.8 Å². The van der Waals surface area contributed by atoms with E-state index in [2.05, 4.69) is 83.7 Å². The number of nitrogens with zero attached hydrogens (tertiary/aromatic N) is 2. The van der Waals surface area contributed by atoms with Crippen molar-refractivity contribution in [3.05, 3.63) is 34.9 Å². The third-order valence-corrected chi connectivity index (χ3v) is 17.0. The van der Waals surface area contributed by atoms with Crippen molar-refractivity contribution in [2.75, 3.05) is 28.2 Å². The molecule has 0 aliphatic rings. The molecule has 0 bridgehead atoms. The molecule has 0 aliphatic heterocycles. The first-order valence-corrected chi connectivity index (χ1v) is 12.0. The van der Waals surface area contributed by atoms with E-state index < -0.39 is 20.8 Å². The molecule has 0 radical (unpaired) electrons. The molecule has 0 aromatic carbocycles. The van der Waals surface area contributed by atoms with Gasteiger partial charge in [-0.2, -0.15) is 0 Å². The maximum absolute atomic E-state index is 3.51. The predicted octanol–water partition coefficient (Wildman–Crippen LogP) is 1.63. The second kappa shape index (κ2) is 5.87. The number of aromatic amines is 2. The Bertz CT molecular complexity index is 580. The van der Waals surface area contributed by atoms with E-state index in [1.807, 2.05) is 0 Å². The van der Waals surface area contributed by atoms with Gasteiger partial charge in [0.05, 0.1) is 0 Å². The molecule has 2 heterocycles. The van der Waals surface area contributed by atoms with Crippen LogP contribution in [0.15, 0.2) is 12.1 Å². The number of aryl methyl sites for hydroxylation is 4. The molecule has 2 rings (SSSR count). The van der Waals surface area contributed by atoms with Gasteiger partial charge in [0.15, 0.2) is 0 Å². The fourth-order valence-corrected chi connectivity index (χ4v) is 16.0. The minimum atomic E-state index is -3.10. The number of hydrogen-bond acceptors (Lipinski definition) is 2. The summed E-state index contributed by atoms with van der Waals surface area (Å²) >= 11 is -3.10. The molecule has 0 spiro atoms. The number of aromatic nitrogens is 2. The van der Waals surface area contributed by atoms with Crippen molar-refractivity contribution in [2.45, 2.75) is 27.7 Å². The molecule has 21 heavy (non-hydrogen) atoms. The molecular weight excluding hydrogens is 339 g/mol. The first kappa shape index (κ1) is 16.7. The summed E-state index contributed by atoms with van der Waals surface area (Å²) in [5.41, 5.74) is 5.11. The van der Waals surface area contributed by atoms with Crippen molar-refractivity contribution < 1.29 is 20.8 Å². The van der Waals surface area contributed by atoms with E-state index in [0.29, 0.717) is 0 Å². The Hall–Kier alpha value is -0.637. The van der Waals surface area contributed by atoms with Gasteiger partial charge in [-0.05, 0) is 0 Å². The third-order valence-electron chi connectivity index (χ3n) is 4.34. The maximum atomic E-state index is 3.51. The molecule has 4 nitrogen and oxygen atoms in total. The Balaban J connectivity index is 2.82. The molecule has 0 saturated heterocycles. The third kappa shape index (κ3) is 2.60. The van der Waals surface area contributed by atoms with Gasteiger partial charge in [0.25, 0.3) is 0 Å². The van der Waals surface area contributed by atoms with Crippen LogP contribution in [0.25, 0.3) is 0 Å². The Kier molecular flexibility index (Phi) is 4.67. The van der Waals surface area contributed by atoms with Gasteiger partial charge in [0, 0.05) is 0 Å². The monoisotopic (exact) mass is 366 g/mol. The van der Waals surface area contributed by atoms with Crippen molar-refractivity contribution in [3.63, 3.8) is 0 Å². The van der Waals surface area contributed by atoms with Crippen molar-refractivity contribution in [2.24, 2.45) is 0 Å². The topological polar surface area (TPSA) is 38.1 Å². The minimum absolute atomic E-state index is 1.25. The standard InChI is InChI=1S/2C6H8N.2C2H6N.Zr/c2*1-5-3-4-6(2)7-5;2*1-3-2;/h2*3,7H,1-2H3;2*1-2H3;/q;;2*-1;+2. The van der Waals surface area contributed by atoms with E-state index in [-0.39, 0.29) is 0 Å². The van der Waals surface area contributed by atoms with Gasteiger partial charge in [-0.1, -0.05) is 0 Å². The molecule has 2 aromatic heterocycles. The van der Waals surface area contributed by atoms with Crippen molar-refractivity contribution in [1.82, 2.24) is 15.7 Å². The molecule has 2 aromatic rings. The summed E-state index contributed by atoms with van der Waals surface area (Å²) in [6.45, 7) is 8.70. The summed E-state index contributed by atoms with van der Waals surface area (Å²) < 4.78 is 8.03. The van der Waals surface area contributed by atoms with Gasteiger partial charge in [-0.15, -0.1) is 0 Å². The molecule has 0 fully saturated rings. The number of nitrogens with one attached hydrogen (secondary N) is 2. The van der Waals surface area contributed by atoms with Crippen molar-refractivity contribution in [3.8, 4) is 0 Å². The second-order valence-electron chi connectivity index (χ2n) is 6.44. The normalized spacial score (nSPS) is 12.7. The van der Waals surface area contributed by atoms with Crippen molar-refractivity contribution in [1.29, 1.82) is 0 Å². The van der Waals surface area contributed by atoms with E-state index >= 15 is 0 Å². The average molecular weight is 368 g/mol. The van der Waals surface area contributed by atoms with E-state index in [4.69, 9.17) is 0 Å². The molecule has 0 aliphatic carbocycles. The van der Waals surface area contributed by atoms with E-state index in [1.165, 1.54) is 29.3 Å². The van der Waals surface area contributed by atoms with Gasteiger partial charge < -0.3 is 0 Å². The van der Waals surface area contributed by atoms with Crippen LogP contribution in [0.5, 0.6) is 0 Å². The molecule has 0 atom stereocenters. The van der Waals surface area contributed by atoms with Crippen LogP contribution < -0.4 is 6.54 Å². The fraction of sp³-hybridized carbons (Fsp3) is 0.500. The summed E-state index contributed by atoms with van der Waals surface area (Å²) in [5.74, 6) is 0. The van der Waals surface area contributed by atoms with Crippen LogP contribution in [0.2, 0.25) is 0 Å². The van der Waals surface area contributed by atoms with Crippen LogP contribution >= 0.6 is 0 Å².